The van der Waals surface area contributed by atoms with Gasteiger partial charge in [-0.25, -0.2) is 4.98 Å². The van der Waals surface area contributed by atoms with Crippen LogP contribution in [0.15, 0.2) is 79.1 Å². The minimum absolute atomic E-state index is 0.0137. The van der Waals surface area contributed by atoms with Crippen LogP contribution in [0.3, 0.4) is 0 Å². The number of nitrogens with zero attached hydrogens (tertiary/aromatic N) is 5. The lowest BCUT2D eigenvalue weighted by molar-refractivity contribution is -0.155. The Kier molecular flexibility index (Phi) is 10.3. The molecule has 0 spiro atoms. The second kappa shape index (κ2) is 14.1. The van der Waals surface area contributed by atoms with Gasteiger partial charge in [-0.3, -0.25) is 14.2 Å². The zero-order valence-electron chi connectivity index (χ0n) is 26.2. The van der Waals surface area contributed by atoms with Gasteiger partial charge in [0.15, 0.2) is 6.23 Å². The van der Waals surface area contributed by atoms with E-state index in [2.05, 4.69) is 6.07 Å². The molecule has 9 heteroatoms. The second-order valence-electron chi connectivity index (χ2n) is 11.3. The summed E-state index contributed by atoms with van der Waals surface area (Å²) in [5.41, 5.74) is 11.5. The molecule has 0 aliphatic carbocycles. The Morgan fingerprint density at radius 2 is 1.80 bits per heavy atom. The summed E-state index contributed by atoms with van der Waals surface area (Å²) < 4.78 is 7.62. The van der Waals surface area contributed by atoms with Crippen LogP contribution in [0.4, 0.5) is 5.69 Å². The number of esters is 1. The number of ether oxygens (including phenoxy) is 1. The third-order valence-electron chi connectivity index (χ3n) is 7.81. The van der Waals surface area contributed by atoms with Crippen molar-refractivity contribution in [3.8, 4) is 28.3 Å². The molecule has 2 aromatic carbocycles. The van der Waals surface area contributed by atoms with Gasteiger partial charge in [-0.05, 0) is 68.4 Å². The van der Waals surface area contributed by atoms with Crippen LogP contribution in [-0.4, -0.2) is 60.1 Å². The fourth-order valence-electron chi connectivity index (χ4n) is 4.84. The Morgan fingerprint density at radius 3 is 2.50 bits per heavy atom. The quantitative estimate of drug-likeness (QED) is 0.174. The average Bonchev–Trinajstić information content (AvgIpc) is 3.42. The summed E-state index contributed by atoms with van der Waals surface area (Å²) in [6.07, 6.45) is 7.17. The first-order chi connectivity index (χ1) is 21.0. The van der Waals surface area contributed by atoms with Crippen molar-refractivity contribution in [2.45, 2.75) is 39.5 Å². The monoisotopic (exact) mass is 592 g/mol. The lowest BCUT2D eigenvalue weighted by Gasteiger charge is -2.21. The number of anilines is 1. The van der Waals surface area contributed by atoms with Crippen molar-refractivity contribution in [1.29, 1.82) is 5.26 Å². The van der Waals surface area contributed by atoms with E-state index in [0.717, 1.165) is 39.7 Å². The van der Waals surface area contributed by atoms with E-state index in [9.17, 15) is 14.9 Å². The first kappa shape index (κ1) is 32.1. The topological polar surface area (TPSA) is 117 Å². The molecule has 44 heavy (non-hydrogen) atoms. The summed E-state index contributed by atoms with van der Waals surface area (Å²) in [5.74, 6) is -0.600. The lowest BCUT2D eigenvalue weighted by Crippen LogP contribution is -2.38. The van der Waals surface area contributed by atoms with Crippen LogP contribution in [0.5, 0.6) is 0 Å². The van der Waals surface area contributed by atoms with Gasteiger partial charge in [0.1, 0.15) is 11.7 Å². The van der Waals surface area contributed by atoms with E-state index < -0.39 is 18.2 Å². The van der Waals surface area contributed by atoms with Gasteiger partial charge >= 0.3 is 5.97 Å². The molecule has 1 unspecified atom stereocenters. The van der Waals surface area contributed by atoms with Gasteiger partial charge in [-0.15, -0.1) is 0 Å². The molecule has 0 aliphatic rings. The predicted molar refractivity (Wildman–Crippen MR) is 175 cm³/mol. The molecular weight excluding hydrogens is 552 g/mol. The van der Waals surface area contributed by atoms with Crippen LogP contribution in [0.2, 0.25) is 0 Å². The van der Waals surface area contributed by atoms with Crippen molar-refractivity contribution in [3.63, 3.8) is 0 Å². The number of amides is 1. The SMILES string of the molecule is CC[C@H](C)[C@H](N)C(=O)OC(C)n1cc(-c2cccc(C#N)c2)c2cc(-c3cccc(N(C)C(=O)/C=C/CN(C)C)c3)cnc21. The maximum Gasteiger partial charge on any atom is 0.325 e. The summed E-state index contributed by atoms with van der Waals surface area (Å²) in [7, 11) is 5.64. The normalized spacial score (nSPS) is 13.5. The summed E-state index contributed by atoms with van der Waals surface area (Å²) in [6, 6.07) is 18.6. The summed E-state index contributed by atoms with van der Waals surface area (Å²) in [6.45, 7) is 6.37. The maximum absolute atomic E-state index is 12.8. The molecule has 228 valence electrons. The Hall–Kier alpha value is -4.78. The predicted octanol–water partition coefficient (Wildman–Crippen LogP) is 5.76. The van der Waals surface area contributed by atoms with Crippen molar-refractivity contribution in [2.24, 2.45) is 11.7 Å². The number of nitrogens with two attached hydrogens (primary N) is 1. The number of aromatic nitrogens is 2. The number of rotatable bonds is 11. The van der Waals surface area contributed by atoms with E-state index in [4.69, 9.17) is 15.5 Å². The molecule has 0 radical (unpaired) electrons. The fraction of sp³-hybridized carbons (Fsp3) is 0.314. The fourth-order valence-corrected chi connectivity index (χ4v) is 4.84. The van der Waals surface area contributed by atoms with Gasteiger partial charge in [-0.2, -0.15) is 5.26 Å². The van der Waals surface area contributed by atoms with Gasteiger partial charge in [0.25, 0.3) is 0 Å². The van der Waals surface area contributed by atoms with Gasteiger partial charge < -0.3 is 20.3 Å². The van der Waals surface area contributed by atoms with Crippen molar-refractivity contribution in [2.75, 3.05) is 32.6 Å². The molecule has 0 aliphatic heterocycles. The number of pyridine rings is 1. The second-order valence-corrected chi connectivity index (χ2v) is 11.3. The van der Waals surface area contributed by atoms with Crippen molar-refractivity contribution < 1.29 is 14.3 Å². The first-order valence-corrected chi connectivity index (χ1v) is 14.7. The molecule has 2 heterocycles. The maximum atomic E-state index is 12.8. The van der Waals surface area contributed by atoms with Crippen LogP contribution >= 0.6 is 0 Å². The number of carbonyl (C=O) groups excluding carboxylic acids is 2. The smallest absolute Gasteiger partial charge is 0.325 e. The molecule has 4 rings (SSSR count). The number of hydrogen-bond donors (Lipinski definition) is 1. The van der Waals surface area contributed by atoms with E-state index in [-0.39, 0.29) is 11.8 Å². The average molecular weight is 593 g/mol. The standard InChI is InChI=1S/C35H40N6O3/c1-7-23(2)33(37)35(43)44-24(3)41-22-31(27-13-8-11-25(17-27)20-36)30-19-28(21-38-34(30)41)26-12-9-14-29(18-26)40(6)32(42)15-10-16-39(4)5/h8-15,17-19,21-24,33H,7,16,37H2,1-6H3/b15-10+/t23-,24?,33-/m0/s1. The third-order valence-corrected chi connectivity index (χ3v) is 7.81. The molecule has 2 N–H and O–H groups in total. The molecule has 4 aromatic rings. The molecule has 9 nitrogen and oxygen atoms in total. The Bertz CT molecular complexity index is 1720. The number of hydrogen-bond acceptors (Lipinski definition) is 7. The Labute approximate surface area is 259 Å². The van der Waals surface area contributed by atoms with Crippen LogP contribution in [0, 0.1) is 17.2 Å². The molecule has 0 saturated carbocycles. The molecular formula is C35H40N6O3. The summed E-state index contributed by atoms with van der Waals surface area (Å²) in [4.78, 5) is 34.0. The van der Waals surface area contributed by atoms with Crippen molar-refractivity contribution >= 4 is 28.6 Å². The third kappa shape index (κ3) is 7.22. The zero-order chi connectivity index (χ0) is 32.0. The van der Waals surface area contributed by atoms with E-state index >= 15 is 0 Å². The van der Waals surface area contributed by atoms with E-state index in [0.29, 0.717) is 17.8 Å². The highest BCUT2D eigenvalue weighted by Gasteiger charge is 2.25. The lowest BCUT2D eigenvalue weighted by atomic mass is 10.0. The number of carbonyl (C=O) groups is 2. The highest BCUT2D eigenvalue weighted by atomic mass is 16.6. The van der Waals surface area contributed by atoms with Gasteiger partial charge in [0.05, 0.1) is 11.6 Å². The van der Waals surface area contributed by atoms with E-state index in [1.165, 1.54) is 0 Å². The largest absolute Gasteiger partial charge is 0.440 e. The minimum Gasteiger partial charge on any atom is -0.440 e. The Balaban J connectivity index is 1.75. The summed E-state index contributed by atoms with van der Waals surface area (Å²) in [5, 5.41) is 10.4. The first-order valence-electron chi connectivity index (χ1n) is 14.7. The van der Waals surface area contributed by atoms with Gasteiger partial charge in [-0.1, -0.05) is 50.6 Å². The highest BCUT2D eigenvalue weighted by molar-refractivity contribution is 6.01. The molecule has 0 bridgehead atoms. The summed E-state index contributed by atoms with van der Waals surface area (Å²) >= 11 is 0. The zero-order valence-corrected chi connectivity index (χ0v) is 26.2. The Morgan fingerprint density at radius 1 is 1.07 bits per heavy atom. The number of likely N-dealkylation sites (N-methyl/N-ethyl adjacent to an activating group) is 2. The van der Waals surface area contributed by atoms with Crippen LogP contribution in [0.25, 0.3) is 33.3 Å². The van der Waals surface area contributed by atoms with Gasteiger partial charge in [0, 0.05) is 54.3 Å². The van der Waals surface area contributed by atoms with Crippen LogP contribution in [-0.2, 0) is 14.3 Å². The number of nitriles is 1. The van der Waals surface area contributed by atoms with Crippen molar-refractivity contribution in [1.82, 2.24) is 14.5 Å². The molecule has 0 saturated heterocycles. The van der Waals surface area contributed by atoms with E-state index in [1.807, 2.05) is 98.2 Å². The molecule has 1 amide bonds. The molecule has 0 fully saturated rings. The van der Waals surface area contributed by atoms with Gasteiger partial charge in [0.2, 0.25) is 5.91 Å². The minimum atomic E-state index is -0.726. The van der Waals surface area contributed by atoms with E-state index in [1.54, 1.807) is 37.2 Å². The van der Waals surface area contributed by atoms with Crippen molar-refractivity contribution in [3.05, 3.63) is 84.7 Å². The number of benzene rings is 2. The van der Waals surface area contributed by atoms with Crippen LogP contribution < -0.4 is 10.6 Å². The number of fused-ring (bicyclic) bond motifs is 1. The molecule has 3 atom stereocenters. The molecule has 2 aromatic heterocycles. The van der Waals surface area contributed by atoms with Crippen LogP contribution in [0.1, 0.15) is 39.0 Å². The highest BCUT2D eigenvalue weighted by Crippen LogP contribution is 2.35.